The summed E-state index contributed by atoms with van der Waals surface area (Å²) in [6.07, 6.45) is 3.60. The monoisotopic (exact) mass is 298 g/mol. The van der Waals surface area contributed by atoms with Crippen molar-refractivity contribution in [2.24, 2.45) is 0 Å². The van der Waals surface area contributed by atoms with Crippen LogP contribution in [0.1, 0.15) is 12.1 Å². The van der Waals surface area contributed by atoms with E-state index in [4.69, 9.17) is 9.47 Å². The molecule has 0 fully saturated rings. The summed E-state index contributed by atoms with van der Waals surface area (Å²) in [6.45, 7) is 0.709. The first-order valence-electron chi connectivity index (χ1n) is 7.29. The molecule has 0 bridgehead atoms. The largest absolute Gasteiger partial charge is 0.497 e. The number of pyridine rings is 1. The third-order valence-electron chi connectivity index (χ3n) is 3.66. The molecule has 0 saturated heterocycles. The predicted octanol–water partition coefficient (Wildman–Crippen LogP) is 2.45. The van der Waals surface area contributed by atoms with Crippen LogP contribution in [0.25, 0.3) is 0 Å². The summed E-state index contributed by atoms with van der Waals surface area (Å²) in [5, 5.41) is 0. The van der Waals surface area contributed by atoms with Gasteiger partial charge >= 0.3 is 0 Å². The molecule has 22 heavy (non-hydrogen) atoms. The molecule has 1 aromatic carbocycles. The second-order valence-electron chi connectivity index (χ2n) is 5.09. The third kappa shape index (κ3) is 3.03. The molecule has 5 nitrogen and oxygen atoms in total. The van der Waals surface area contributed by atoms with Crippen LogP contribution in [0.2, 0.25) is 0 Å². The summed E-state index contributed by atoms with van der Waals surface area (Å²) in [7, 11) is 1.60. The van der Waals surface area contributed by atoms with E-state index in [1.807, 2.05) is 30.3 Å². The Morgan fingerprint density at radius 3 is 3.00 bits per heavy atom. The molecule has 2 heterocycles. The van der Waals surface area contributed by atoms with Gasteiger partial charge in [-0.25, -0.2) is 0 Å². The lowest BCUT2D eigenvalue weighted by Gasteiger charge is -2.28. The van der Waals surface area contributed by atoms with Gasteiger partial charge in [0.05, 0.1) is 18.5 Å². The van der Waals surface area contributed by atoms with Crippen LogP contribution in [0.5, 0.6) is 11.5 Å². The van der Waals surface area contributed by atoms with Gasteiger partial charge < -0.3 is 14.4 Å². The number of hydrogen-bond acceptors (Lipinski definition) is 4. The molecule has 0 unspecified atom stereocenters. The molecular formula is C17H18N2O3. The zero-order valence-electron chi connectivity index (χ0n) is 12.5. The van der Waals surface area contributed by atoms with Gasteiger partial charge in [-0.1, -0.05) is 6.07 Å². The number of rotatable bonds is 4. The summed E-state index contributed by atoms with van der Waals surface area (Å²) in [6, 6.07) is 11.0. The number of benzene rings is 1. The SMILES string of the molecule is COc1cccc(OCC(=O)N2CCCc3ncccc32)c1. The standard InChI is InChI=1S/C17H18N2O3/c1-21-13-5-2-6-14(11-13)22-12-17(20)19-10-4-7-15-16(19)8-3-9-18-15/h2-3,5-6,8-9,11H,4,7,10,12H2,1H3. The van der Waals surface area contributed by atoms with Crippen LogP contribution in [-0.4, -0.2) is 31.2 Å². The number of hydrogen-bond donors (Lipinski definition) is 0. The highest BCUT2D eigenvalue weighted by atomic mass is 16.5. The van der Waals surface area contributed by atoms with Gasteiger partial charge in [0.25, 0.3) is 5.91 Å². The van der Waals surface area contributed by atoms with Gasteiger partial charge in [-0.15, -0.1) is 0 Å². The summed E-state index contributed by atoms with van der Waals surface area (Å²) < 4.78 is 10.7. The first kappa shape index (κ1) is 14.4. The first-order valence-corrected chi connectivity index (χ1v) is 7.29. The summed E-state index contributed by atoms with van der Waals surface area (Å²) in [5.41, 5.74) is 1.87. The number of amides is 1. The molecule has 5 heteroatoms. The van der Waals surface area contributed by atoms with Gasteiger partial charge in [-0.2, -0.15) is 0 Å². The Morgan fingerprint density at radius 2 is 2.14 bits per heavy atom. The van der Waals surface area contributed by atoms with Crippen LogP contribution in [0.15, 0.2) is 42.6 Å². The highest BCUT2D eigenvalue weighted by Crippen LogP contribution is 2.25. The van der Waals surface area contributed by atoms with Gasteiger partial charge in [0.1, 0.15) is 11.5 Å². The molecule has 1 aliphatic heterocycles. The summed E-state index contributed by atoms with van der Waals surface area (Å²) in [5.74, 6) is 1.27. The Morgan fingerprint density at radius 1 is 1.27 bits per heavy atom. The minimum atomic E-state index is -0.0585. The molecule has 0 saturated carbocycles. The Labute approximate surface area is 129 Å². The van der Waals surface area contributed by atoms with Crippen LogP contribution in [0.3, 0.4) is 0 Å². The van der Waals surface area contributed by atoms with Gasteiger partial charge in [0.15, 0.2) is 6.61 Å². The number of carbonyl (C=O) groups is 1. The van der Waals surface area contributed by atoms with Crippen molar-refractivity contribution in [1.82, 2.24) is 4.98 Å². The van der Waals surface area contributed by atoms with Gasteiger partial charge in [0.2, 0.25) is 0 Å². The van der Waals surface area contributed by atoms with E-state index in [-0.39, 0.29) is 12.5 Å². The van der Waals surface area contributed by atoms with Crippen molar-refractivity contribution in [3.8, 4) is 11.5 Å². The summed E-state index contributed by atoms with van der Waals surface area (Å²) in [4.78, 5) is 18.5. The van der Waals surface area contributed by atoms with Gasteiger partial charge in [-0.05, 0) is 37.1 Å². The maximum absolute atomic E-state index is 12.4. The second kappa shape index (κ2) is 6.47. The lowest BCUT2D eigenvalue weighted by Crippen LogP contribution is -2.38. The second-order valence-corrected chi connectivity index (χ2v) is 5.09. The van der Waals surface area contributed by atoms with Crippen molar-refractivity contribution in [3.63, 3.8) is 0 Å². The molecular weight excluding hydrogens is 280 g/mol. The van der Waals surface area contributed by atoms with E-state index >= 15 is 0 Å². The molecule has 1 aliphatic rings. The first-order chi connectivity index (χ1) is 10.8. The number of ether oxygens (including phenoxy) is 2. The molecule has 3 rings (SSSR count). The average molecular weight is 298 g/mol. The molecule has 0 atom stereocenters. The van der Waals surface area contributed by atoms with Gasteiger partial charge in [0, 0.05) is 18.8 Å². The molecule has 0 aliphatic carbocycles. The highest BCUT2D eigenvalue weighted by Gasteiger charge is 2.23. The van der Waals surface area contributed by atoms with E-state index < -0.39 is 0 Å². The number of anilines is 1. The van der Waals surface area contributed by atoms with Crippen LogP contribution >= 0.6 is 0 Å². The fourth-order valence-corrected chi connectivity index (χ4v) is 2.57. The number of aromatic nitrogens is 1. The zero-order chi connectivity index (χ0) is 15.4. The van der Waals surface area contributed by atoms with Crippen molar-refractivity contribution in [2.45, 2.75) is 12.8 Å². The molecule has 0 spiro atoms. The number of fused-ring (bicyclic) bond motifs is 1. The molecule has 0 N–H and O–H groups in total. The molecule has 114 valence electrons. The van der Waals surface area contributed by atoms with Crippen molar-refractivity contribution in [2.75, 3.05) is 25.2 Å². The van der Waals surface area contributed by atoms with E-state index in [1.54, 1.807) is 24.3 Å². The predicted molar refractivity (Wildman–Crippen MR) is 83.4 cm³/mol. The minimum absolute atomic E-state index is 0.00149. The molecule has 0 radical (unpaired) electrons. The Bertz CT molecular complexity index is 672. The van der Waals surface area contributed by atoms with Crippen molar-refractivity contribution in [3.05, 3.63) is 48.3 Å². The van der Waals surface area contributed by atoms with E-state index in [9.17, 15) is 4.79 Å². The molecule has 2 aromatic rings. The number of nitrogens with zero attached hydrogens (tertiary/aromatic N) is 2. The Balaban J connectivity index is 1.68. The third-order valence-corrected chi connectivity index (χ3v) is 3.66. The minimum Gasteiger partial charge on any atom is -0.497 e. The maximum atomic E-state index is 12.4. The van der Waals surface area contributed by atoms with Crippen LogP contribution < -0.4 is 14.4 Å². The normalized spacial score (nSPS) is 13.4. The van der Waals surface area contributed by atoms with Crippen molar-refractivity contribution in [1.29, 1.82) is 0 Å². The average Bonchev–Trinajstić information content (AvgIpc) is 2.59. The van der Waals surface area contributed by atoms with Crippen molar-refractivity contribution >= 4 is 11.6 Å². The maximum Gasteiger partial charge on any atom is 0.264 e. The molecule has 1 aromatic heterocycles. The van der Waals surface area contributed by atoms with Crippen LogP contribution in [0.4, 0.5) is 5.69 Å². The number of carbonyl (C=O) groups excluding carboxylic acids is 1. The van der Waals surface area contributed by atoms with Crippen molar-refractivity contribution < 1.29 is 14.3 Å². The smallest absolute Gasteiger partial charge is 0.264 e. The topological polar surface area (TPSA) is 51.7 Å². The Hall–Kier alpha value is -2.56. The lowest BCUT2D eigenvalue weighted by atomic mass is 10.1. The molecule has 1 amide bonds. The number of aryl methyl sites for hydroxylation is 1. The highest BCUT2D eigenvalue weighted by molar-refractivity contribution is 5.95. The van der Waals surface area contributed by atoms with E-state index in [0.29, 0.717) is 18.0 Å². The quantitative estimate of drug-likeness (QED) is 0.870. The fraction of sp³-hybridized carbons (Fsp3) is 0.294. The van der Waals surface area contributed by atoms with E-state index in [0.717, 1.165) is 24.2 Å². The van der Waals surface area contributed by atoms with Crippen LogP contribution in [-0.2, 0) is 11.2 Å². The number of methoxy groups -OCH3 is 1. The summed E-state index contributed by atoms with van der Waals surface area (Å²) >= 11 is 0. The zero-order valence-corrected chi connectivity index (χ0v) is 12.5. The lowest BCUT2D eigenvalue weighted by molar-refractivity contribution is -0.120. The van der Waals surface area contributed by atoms with Crippen LogP contribution in [0, 0.1) is 0 Å². The van der Waals surface area contributed by atoms with Gasteiger partial charge in [-0.3, -0.25) is 9.78 Å². The fourth-order valence-electron chi connectivity index (χ4n) is 2.57. The Kier molecular flexibility index (Phi) is 4.23. The van der Waals surface area contributed by atoms with E-state index in [1.165, 1.54) is 0 Å². The van der Waals surface area contributed by atoms with E-state index in [2.05, 4.69) is 4.98 Å².